The van der Waals surface area contributed by atoms with E-state index in [1.165, 1.54) is 48.5 Å². The van der Waals surface area contributed by atoms with E-state index in [4.69, 9.17) is 16.3 Å². The number of halogens is 2. The molecule has 8 nitrogen and oxygen atoms in total. The molecule has 0 unspecified atom stereocenters. The van der Waals surface area contributed by atoms with Crippen LogP contribution in [0.1, 0.15) is 5.56 Å². The van der Waals surface area contributed by atoms with Crippen LogP contribution >= 0.6 is 11.6 Å². The van der Waals surface area contributed by atoms with Crippen molar-refractivity contribution in [1.82, 2.24) is 10.6 Å². The number of carbonyl (C=O) groups excluding carboxylic acids is 4. The van der Waals surface area contributed by atoms with Crippen molar-refractivity contribution >= 4 is 47.1 Å². The van der Waals surface area contributed by atoms with E-state index in [2.05, 4.69) is 5.32 Å². The zero-order chi connectivity index (χ0) is 21.0. The quantitative estimate of drug-likeness (QED) is 0.510. The molecule has 0 radical (unpaired) electrons. The number of anilines is 1. The number of barbiturate groups is 1. The minimum absolute atomic E-state index is 0.175. The Balaban J connectivity index is 1.75. The number of hydrogen-bond donors (Lipinski definition) is 3. The van der Waals surface area contributed by atoms with Crippen LogP contribution < -0.4 is 20.7 Å². The molecule has 2 aromatic rings. The van der Waals surface area contributed by atoms with Gasteiger partial charge in [0.25, 0.3) is 17.7 Å². The first-order chi connectivity index (χ1) is 13.8. The third-order valence-corrected chi connectivity index (χ3v) is 3.94. The molecule has 0 spiro atoms. The summed E-state index contributed by atoms with van der Waals surface area (Å²) in [4.78, 5) is 47.0. The van der Waals surface area contributed by atoms with Crippen LogP contribution in [-0.4, -0.2) is 30.4 Å². The Morgan fingerprint density at radius 3 is 2.38 bits per heavy atom. The Morgan fingerprint density at radius 1 is 1.07 bits per heavy atom. The van der Waals surface area contributed by atoms with Gasteiger partial charge in [-0.05, 0) is 48.5 Å². The fourth-order valence-corrected chi connectivity index (χ4v) is 2.58. The maximum atomic E-state index is 12.9. The number of amides is 5. The van der Waals surface area contributed by atoms with Gasteiger partial charge in [-0.2, -0.15) is 0 Å². The molecular weight excluding hydrogens is 405 g/mol. The van der Waals surface area contributed by atoms with Crippen molar-refractivity contribution in [2.75, 3.05) is 11.9 Å². The summed E-state index contributed by atoms with van der Waals surface area (Å²) in [6.07, 6.45) is 1.19. The van der Waals surface area contributed by atoms with Crippen molar-refractivity contribution in [2.24, 2.45) is 0 Å². The molecule has 0 bridgehead atoms. The first kappa shape index (κ1) is 20.0. The zero-order valence-electron chi connectivity index (χ0n) is 14.6. The number of ether oxygens (including phenoxy) is 1. The second kappa shape index (κ2) is 8.53. The molecule has 1 fully saturated rings. The van der Waals surface area contributed by atoms with Crippen LogP contribution in [0.3, 0.4) is 0 Å². The van der Waals surface area contributed by atoms with Crippen LogP contribution in [0.5, 0.6) is 5.75 Å². The van der Waals surface area contributed by atoms with Gasteiger partial charge in [-0.15, -0.1) is 0 Å². The van der Waals surface area contributed by atoms with E-state index in [0.29, 0.717) is 10.7 Å². The predicted molar refractivity (Wildman–Crippen MR) is 102 cm³/mol. The molecule has 5 amide bonds. The molecule has 0 saturated carbocycles. The summed E-state index contributed by atoms with van der Waals surface area (Å²) in [7, 11) is 0. The lowest BCUT2D eigenvalue weighted by Crippen LogP contribution is -2.51. The lowest BCUT2D eigenvalue weighted by molar-refractivity contribution is -0.124. The van der Waals surface area contributed by atoms with Gasteiger partial charge in [-0.1, -0.05) is 11.6 Å². The standard InChI is InChI=1S/C19H13ClFN3O5/c20-11-1-6-15(29-9-16(25)22-13-4-2-12(21)3-5-13)10(7-11)8-14-17(26)23-19(28)24-18(14)27/h1-8H,9H2,(H,22,25)(H2,23,24,26,27,28). The predicted octanol–water partition coefficient (Wildman–Crippen LogP) is 2.25. The molecule has 1 heterocycles. The van der Waals surface area contributed by atoms with Gasteiger partial charge in [-0.25, -0.2) is 9.18 Å². The van der Waals surface area contributed by atoms with Gasteiger partial charge in [-0.3, -0.25) is 25.0 Å². The van der Waals surface area contributed by atoms with Crippen molar-refractivity contribution in [3.8, 4) is 5.75 Å². The lowest BCUT2D eigenvalue weighted by atomic mass is 10.1. The van der Waals surface area contributed by atoms with E-state index in [0.717, 1.165) is 0 Å². The smallest absolute Gasteiger partial charge is 0.328 e. The maximum absolute atomic E-state index is 12.9. The minimum Gasteiger partial charge on any atom is -0.483 e. The van der Waals surface area contributed by atoms with E-state index in [-0.39, 0.29) is 16.9 Å². The van der Waals surface area contributed by atoms with Crippen molar-refractivity contribution in [2.45, 2.75) is 0 Å². The van der Waals surface area contributed by atoms with Crippen molar-refractivity contribution < 1.29 is 28.3 Å². The second-order valence-corrected chi connectivity index (χ2v) is 6.26. The number of rotatable bonds is 5. The summed E-state index contributed by atoms with van der Waals surface area (Å²) < 4.78 is 18.4. The maximum Gasteiger partial charge on any atom is 0.328 e. The molecular formula is C19H13ClFN3O5. The number of imide groups is 2. The molecule has 0 aromatic heterocycles. The Kier molecular flexibility index (Phi) is 5.89. The van der Waals surface area contributed by atoms with Crippen LogP contribution in [0.2, 0.25) is 5.02 Å². The fraction of sp³-hybridized carbons (Fsp3) is 0.0526. The summed E-state index contributed by atoms with van der Waals surface area (Å²) >= 11 is 5.96. The Bertz CT molecular complexity index is 1010. The number of nitrogens with one attached hydrogen (secondary N) is 3. The average molecular weight is 418 g/mol. The Hall–Kier alpha value is -3.72. The number of urea groups is 1. The largest absolute Gasteiger partial charge is 0.483 e. The van der Waals surface area contributed by atoms with Crippen molar-refractivity contribution in [3.05, 3.63) is 64.4 Å². The van der Waals surface area contributed by atoms with Crippen LogP contribution in [-0.2, 0) is 14.4 Å². The zero-order valence-corrected chi connectivity index (χ0v) is 15.4. The van der Waals surface area contributed by atoms with E-state index in [9.17, 15) is 23.6 Å². The van der Waals surface area contributed by atoms with E-state index < -0.39 is 36.2 Å². The number of hydrogen-bond acceptors (Lipinski definition) is 5. The molecule has 3 rings (SSSR count). The molecule has 1 aliphatic heterocycles. The van der Waals surface area contributed by atoms with E-state index in [1.54, 1.807) is 0 Å². The SMILES string of the molecule is O=C(COc1ccc(Cl)cc1C=C1C(=O)NC(=O)NC1=O)Nc1ccc(F)cc1. The van der Waals surface area contributed by atoms with Gasteiger partial charge in [0, 0.05) is 16.3 Å². The highest BCUT2D eigenvalue weighted by atomic mass is 35.5. The molecule has 29 heavy (non-hydrogen) atoms. The monoisotopic (exact) mass is 417 g/mol. The third kappa shape index (κ3) is 5.17. The highest BCUT2D eigenvalue weighted by molar-refractivity contribution is 6.32. The van der Waals surface area contributed by atoms with Crippen molar-refractivity contribution in [3.63, 3.8) is 0 Å². The normalized spacial score (nSPS) is 13.4. The molecule has 0 atom stereocenters. The highest BCUT2D eigenvalue weighted by Gasteiger charge is 2.28. The Morgan fingerprint density at radius 2 is 1.72 bits per heavy atom. The Labute approximate surface area is 168 Å². The van der Waals surface area contributed by atoms with Gasteiger partial charge in [0.05, 0.1) is 0 Å². The summed E-state index contributed by atoms with van der Waals surface area (Å²) in [5.74, 6) is -2.52. The molecule has 2 aromatic carbocycles. The molecule has 0 aliphatic carbocycles. The summed E-state index contributed by atoms with van der Waals surface area (Å²) in [6.45, 7) is -0.397. The van der Waals surface area contributed by atoms with Gasteiger partial charge in [0.2, 0.25) is 0 Å². The van der Waals surface area contributed by atoms with Crippen LogP contribution in [0.4, 0.5) is 14.9 Å². The number of carbonyl (C=O) groups is 4. The third-order valence-electron chi connectivity index (χ3n) is 3.70. The molecule has 148 valence electrons. The summed E-state index contributed by atoms with van der Waals surface area (Å²) in [6, 6.07) is 8.66. The lowest BCUT2D eigenvalue weighted by Gasteiger charge is -2.15. The average Bonchev–Trinajstić information content (AvgIpc) is 2.66. The topological polar surface area (TPSA) is 114 Å². The first-order valence-electron chi connectivity index (χ1n) is 8.18. The fourth-order valence-electron chi connectivity index (χ4n) is 2.40. The van der Waals surface area contributed by atoms with E-state index in [1.807, 2.05) is 10.6 Å². The van der Waals surface area contributed by atoms with Gasteiger partial charge in [0.1, 0.15) is 17.1 Å². The van der Waals surface area contributed by atoms with Crippen LogP contribution in [0.25, 0.3) is 6.08 Å². The van der Waals surface area contributed by atoms with Crippen LogP contribution in [0, 0.1) is 5.82 Å². The van der Waals surface area contributed by atoms with Gasteiger partial charge < -0.3 is 10.1 Å². The molecule has 3 N–H and O–H groups in total. The van der Waals surface area contributed by atoms with Crippen molar-refractivity contribution in [1.29, 1.82) is 0 Å². The van der Waals surface area contributed by atoms with Gasteiger partial charge >= 0.3 is 6.03 Å². The molecule has 1 aliphatic rings. The van der Waals surface area contributed by atoms with E-state index >= 15 is 0 Å². The second-order valence-electron chi connectivity index (χ2n) is 5.82. The molecule has 1 saturated heterocycles. The van der Waals surface area contributed by atoms with Gasteiger partial charge in [0.15, 0.2) is 6.61 Å². The number of benzene rings is 2. The first-order valence-corrected chi connectivity index (χ1v) is 8.56. The summed E-state index contributed by atoms with van der Waals surface area (Å²) in [5.41, 5.74) is 0.313. The summed E-state index contributed by atoms with van der Waals surface area (Å²) in [5, 5.41) is 6.74. The highest BCUT2D eigenvalue weighted by Crippen LogP contribution is 2.26. The molecule has 10 heteroatoms. The van der Waals surface area contributed by atoms with Crippen LogP contribution in [0.15, 0.2) is 48.0 Å². The minimum atomic E-state index is -0.919.